The van der Waals surface area contributed by atoms with E-state index < -0.39 is 0 Å². The Labute approximate surface area is 121 Å². The van der Waals surface area contributed by atoms with E-state index in [0.717, 1.165) is 15.9 Å². The molecule has 0 spiro atoms. The third kappa shape index (κ3) is 3.58. The normalized spacial score (nSPS) is 12.4. The van der Waals surface area contributed by atoms with E-state index in [1.807, 2.05) is 25.2 Å². The van der Waals surface area contributed by atoms with Gasteiger partial charge < -0.3 is 5.32 Å². The van der Waals surface area contributed by atoms with Crippen LogP contribution < -0.4 is 5.32 Å². The number of hydrogen-bond donors (Lipinski definition) is 1. The van der Waals surface area contributed by atoms with Crippen molar-refractivity contribution >= 4 is 27.5 Å². The maximum atomic E-state index is 6.04. The molecule has 1 unspecified atom stereocenters. The molecule has 1 nitrogen and oxygen atoms in total. The summed E-state index contributed by atoms with van der Waals surface area (Å²) in [6.07, 6.45) is 0.949. The zero-order valence-corrected chi connectivity index (χ0v) is 12.5. The Hall–Kier alpha value is -0.830. The molecular weight excluding hydrogens is 310 g/mol. The summed E-state index contributed by atoms with van der Waals surface area (Å²) < 4.78 is 1.11. The Morgan fingerprint density at radius 3 is 2.50 bits per heavy atom. The van der Waals surface area contributed by atoms with Gasteiger partial charge in [0.1, 0.15) is 0 Å². The topological polar surface area (TPSA) is 12.0 Å². The van der Waals surface area contributed by atoms with Crippen molar-refractivity contribution in [1.82, 2.24) is 5.32 Å². The summed E-state index contributed by atoms with van der Waals surface area (Å²) >= 11 is 9.49. The standard InChI is InChI=1S/C15H15BrClN/c1-18-15(12-3-2-4-14(17)10-12)9-11-5-7-13(16)8-6-11/h2-8,10,15,18H,9H2,1H3. The number of rotatable bonds is 4. The smallest absolute Gasteiger partial charge is 0.0409 e. The molecule has 2 aromatic rings. The first-order chi connectivity index (χ1) is 8.69. The molecule has 0 aromatic heterocycles. The second-order valence-corrected chi connectivity index (χ2v) is 5.58. The molecule has 0 amide bonds. The lowest BCUT2D eigenvalue weighted by Crippen LogP contribution is -2.18. The van der Waals surface area contributed by atoms with Crippen LogP contribution in [0, 0.1) is 0 Å². The highest BCUT2D eigenvalue weighted by molar-refractivity contribution is 9.10. The summed E-state index contributed by atoms with van der Waals surface area (Å²) in [6.45, 7) is 0. The van der Waals surface area contributed by atoms with Gasteiger partial charge in [-0.05, 0) is 48.9 Å². The highest BCUT2D eigenvalue weighted by atomic mass is 79.9. The second kappa shape index (κ2) is 6.37. The molecule has 0 aliphatic rings. The third-order valence-electron chi connectivity index (χ3n) is 2.95. The van der Waals surface area contributed by atoms with E-state index >= 15 is 0 Å². The van der Waals surface area contributed by atoms with Gasteiger partial charge >= 0.3 is 0 Å². The summed E-state index contributed by atoms with van der Waals surface area (Å²) in [5.41, 5.74) is 2.52. The second-order valence-electron chi connectivity index (χ2n) is 4.23. The van der Waals surface area contributed by atoms with Gasteiger partial charge in [-0.3, -0.25) is 0 Å². The van der Waals surface area contributed by atoms with Crippen LogP contribution in [0.1, 0.15) is 17.2 Å². The monoisotopic (exact) mass is 323 g/mol. The molecule has 1 atom stereocenters. The van der Waals surface area contributed by atoms with Crippen LogP contribution in [0.25, 0.3) is 0 Å². The van der Waals surface area contributed by atoms with Gasteiger partial charge in [0.25, 0.3) is 0 Å². The molecule has 0 aliphatic carbocycles. The van der Waals surface area contributed by atoms with E-state index in [4.69, 9.17) is 11.6 Å². The fraction of sp³-hybridized carbons (Fsp3) is 0.200. The van der Waals surface area contributed by atoms with Crippen molar-refractivity contribution in [1.29, 1.82) is 0 Å². The van der Waals surface area contributed by atoms with E-state index in [1.165, 1.54) is 11.1 Å². The van der Waals surface area contributed by atoms with Crippen LogP contribution in [0.4, 0.5) is 0 Å². The Morgan fingerprint density at radius 2 is 1.89 bits per heavy atom. The van der Waals surface area contributed by atoms with Gasteiger partial charge in [-0.15, -0.1) is 0 Å². The molecule has 0 heterocycles. The average Bonchev–Trinajstić information content (AvgIpc) is 2.38. The summed E-state index contributed by atoms with van der Waals surface area (Å²) in [7, 11) is 1.98. The summed E-state index contributed by atoms with van der Waals surface area (Å²) in [6, 6.07) is 16.7. The molecule has 1 N–H and O–H groups in total. The Morgan fingerprint density at radius 1 is 1.17 bits per heavy atom. The van der Waals surface area contributed by atoms with Crippen molar-refractivity contribution in [2.75, 3.05) is 7.05 Å². The van der Waals surface area contributed by atoms with Crippen LogP contribution in [0.15, 0.2) is 53.0 Å². The quantitative estimate of drug-likeness (QED) is 0.866. The predicted molar refractivity (Wildman–Crippen MR) is 81.1 cm³/mol. The van der Waals surface area contributed by atoms with Crippen molar-refractivity contribution in [3.8, 4) is 0 Å². The molecule has 0 fully saturated rings. The Kier molecular flexibility index (Phi) is 4.81. The maximum Gasteiger partial charge on any atom is 0.0409 e. The van der Waals surface area contributed by atoms with E-state index in [0.29, 0.717) is 0 Å². The first-order valence-electron chi connectivity index (χ1n) is 5.86. The van der Waals surface area contributed by atoms with Crippen LogP contribution >= 0.6 is 27.5 Å². The van der Waals surface area contributed by atoms with E-state index in [1.54, 1.807) is 0 Å². The maximum absolute atomic E-state index is 6.04. The van der Waals surface area contributed by atoms with Crippen LogP contribution in [-0.4, -0.2) is 7.05 Å². The highest BCUT2D eigenvalue weighted by Crippen LogP contribution is 2.22. The molecule has 94 valence electrons. The Bertz CT molecular complexity index is 510. The van der Waals surface area contributed by atoms with E-state index in [9.17, 15) is 0 Å². The first-order valence-corrected chi connectivity index (χ1v) is 7.03. The molecule has 0 saturated heterocycles. The van der Waals surface area contributed by atoms with Gasteiger partial charge in [0.15, 0.2) is 0 Å². The number of nitrogens with one attached hydrogen (secondary N) is 1. The van der Waals surface area contributed by atoms with Gasteiger partial charge in [-0.1, -0.05) is 51.8 Å². The highest BCUT2D eigenvalue weighted by Gasteiger charge is 2.10. The van der Waals surface area contributed by atoms with Gasteiger partial charge in [0, 0.05) is 15.5 Å². The molecule has 0 saturated carbocycles. The lowest BCUT2D eigenvalue weighted by atomic mass is 9.99. The SMILES string of the molecule is CNC(Cc1ccc(Br)cc1)c1cccc(Cl)c1. The minimum absolute atomic E-state index is 0.282. The molecule has 0 radical (unpaired) electrons. The zero-order chi connectivity index (χ0) is 13.0. The summed E-state index contributed by atoms with van der Waals surface area (Å²) in [5, 5.41) is 4.12. The zero-order valence-electron chi connectivity index (χ0n) is 10.2. The Balaban J connectivity index is 2.17. The number of hydrogen-bond acceptors (Lipinski definition) is 1. The third-order valence-corrected chi connectivity index (χ3v) is 3.72. The lowest BCUT2D eigenvalue weighted by molar-refractivity contribution is 0.592. The van der Waals surface area contributed by atoms with Crippen LogP contribution in [-0.2, 0) is 6.42 Å². The van der Waals surface area contributed by atoms with Crippen molar-refractivity contribution in [3.05, 3.63) is 69.2 Å². The minimum atomic E-state index is 0.282. The number of likely N-dealkylation sites (N-methyl/N-ethyl adjacent to an activating group) is 1. The fourth-order valence-electron chi connectivity index (χ4n) is 1.97. The van der Waals surface area contributed by atoms with Gasteiger partial charge in [0.2, 0.25) is 0 Å². The average molecular weight is 325 g/mol. The molecule has 18 heavy (non-hydrogen) atoms. The largest absolute Gasteiger partial charge is 0.313 e. The van der Waals surface area contributed by atoms with E-state index in [-0.39, 0.29) is 6.04 Å². The van der Waals surface area contributed by atoms with Crippen molar-refractivity contribution in [3.63, 3.8) is 0 Å². The molecular formula is C15H15BrClN. The van der Waals surface area contributed by atoms with E-state index in [2.05, 4.69) is 51.6 Å². The summed E-state index contributed by atoms with van der Waals surface area (Å²) in [5.74, 6) is 0. The molecule has 0 bridgehead atoms. The molecule has 2 aromatic carbocycles. The lowest BCUT2D eigenvalue weighted by Gasteiger charge is -2.17. The van der Waals surface area contributed by atoms with Gasteiger partial charge in [0.05, 0.1) is 0 Å². The van der Waals surface area contributed by atoms with Crippen molar-refractivity contribution < 1.29 is 0 Å². The molecule has 2 rings (SSSR count). The van der Waals surface area contributed by atoms with Crippen LogP contribution in [0.5, 0.6) is 0 Å². The molecule has 0 aliphatic heterocycles. The first kappa shape index (κ1) is 13.6. The number of halogens is 2. The predicted octanol–water partition coefficient (Wildman–Crippen LogP) is 4.61. The minimum Gasteiger partial charge on any atom is -0.313 e. The van der Waals surface area contributed by atoms with Gasteiger partial charge in [-0.25, -0.2) is 0 Å². The van der Waals surface area contributed by atoms with Crippen molar-refractivity contribution in [2.45, 2.75) is 12.5 Å². The van der Waals surface area contributed by atoms with Crippen LogP contribution in [0.3, 0.4) is 0 Å². The fourth-order valence-corrected chi connectivity index (χ4v) is 2.43. The van der Waals surface area contributed by atoms with Crippen LogP contribution in [0.2, 0.25) is 5.02 Å². The molecule has 3 heteroatoms. The summed E-state index contributed by atoms with van der Waals surface area (Å²) in [4.78, 5) is 0. The number of benzene rings is 2. The van der Waals surface area contributed by atoms with Gasteiger partial charge in [-0.2, -0.15) is 0 Å². The van der Waals surface area contributed by atoms with Crippen molar-refractivity contribution in [2.24, 2.45) is 0 Å².